The first-order valence-electron chi connectivity index (χ1n) is 5.36. The Morgan fingerprint density at radius 1 is 1.41 bits per heavy atom. The van der Waals surface area contributed by atoms with E-state index in [1.54, 1.807) is 13.0 Å². The van der Waals surface area contributed by atoms with Gasteiger partial charge < -0.3 is 5.11 Å². The average Bonchev–Trinajstić information content (AvgIpc) is 2.11. The first kappa shape index (κ1) is 13.4. The van der Waals surface area contributed by atoms with E-state index < -0.39 is 14.0 Å². The summed E-state index contributed by atoms with van der Waals surface area (Å²) in [5.41, 5.74) is 4.31. The van der Waals surface area contributed by atoms with Crippen molar-refractivity contribution < 1.29 is 9.90 Å². The molecule has 0 radical (unpaired) electrons. The summed E-state index contributed by atoms with van der Waals surface area (Å²) in [5.74, 6) is 2.67. The van der Waals surface area contributed by atoms with Crippen molar-refractivity contribution in [2.45, 2.75) is 33.0 Å². The Hall–Kier alpha value is -1.67. The van der Waals surface area contributed by atoms with Crippen molar-refractivity contribution in [1.29, 1.82) is 0 Å². The third-order valence-corrected chi connectivity index (χ3v) is 2.66. The molecule has 5 heteroatoms. The highest BCUT2D eigenvalue weighted by molar-refractivity contribution is 6.83. The van der Waals surface area contributed by atoms with Gasteiger partial charge in [-0.2, -0.15) is 0 Å². The van der Waals surface area contributed by atoms with E-state index in [0.717, 1.165) is 0 Å². The van der Waals surface area contributed by atoms with Crippen molar-refractivity contribution in [3.63, 3.8) is 0 Å². The summed E-state index contributed by atoms with van der Waals surface area (Å²) in [6.45, 7) is 8.18. The number of carboxylic acids is 1. The molecular formula is C12H16N2O2Si. The highest BCUT2D eigenvalue weighted by Crippen LogP contribution is 2.03. The third kappa shape index (κ3) is 5.27. The monoisotopic (exact) mass is 248 g/mol. The quantitative estimate of drug-likeness (QED) is 0.638. The van der Waals surface area contributed by atoms with Gasteiger partial charge in [0.25, 0.3) is 0 Å². The molecule has 0 unspecified atom stereocenters. The van der Waals surface area contributed by atoms with E-state index in [1.165, 1.54) is 0 Å². The van der Waals surface area contributed by atoms with Crippen LogP contribution in [-0.2, 0) is 11.2 Å². The molecule has 0 fully saturated rings. The SMILES string of the molecule is Cc1nc(C#C[Si](C)(C)C)cc(CC(=O)O)n1. The summed E-state index contributed by atoms with van der Waals surface area (Å²) in [6, 6.07) is 1.65. The second-order valence-corrected chi connectivity index (χ2v) is 9.61. The summed E-state index contributed by atoms with van der Waals surface area (Å²) in [5, 5.41) is 8.72. The van der Waals surface area contributed by atoms with Gasteiger partial charge >= 0.3 is 5.97 Å². The molecule has 1 N–H and O–H groups in total. The molecule has 1 rings (SSSR count). The molecule has 1 aromatic rings. The van der Waals surface area contributed by atoms with Crippen LogP contribution in [0.15, 0.2) is 6.07 Å². The number of nitrogens with zero attached hydrogens (tertiary/aromatic N) is 2. The molecule has 0 saturated heterocycles. The maximum Gasteiger partial charge on any atom is 0.309 e. The van der Waals surface area contributed by atoms with Gasteiger partial charge in [-0.3, -0.25) is 4.79 Å². The van der Waals surface area contributed by atoms with Crippen molar-refractivity contribution in [3.8, 4) is 11.5 Å². The first-order chi connectivity index (χ1) is 7.76. The average molecular weight is 248 g/mol. The lowest BCUT2D eigenvalue weighted by atomic mass is 10.2. The normalized spacial score (nSPS) is 10.6. The van der Waals surface area contributed by atoms with Crippen LogP contribution in [0.3, 0.4) is 0 Å². The van der Waals surface area contributed by atoms with Crippen LogP contribution in [-0.4, -0.2) is 29.1 Å². The smallest absolute Gasteiger partial charge is 0.309 e. The van der Waals surface area contributed by atoms with Crippen LogP contribution in [0.2, 0.25) is 19.6 Å². The Balaban J connectivity index is 3.04. The largest absolute Gasteiger partial charge is 0.481 e. The van der Waals surface area contributed by atoms with Gasteiger partial charge in [-0.25, -0.2) is 9.97 Å². The molecule has 0 spiro atoms. The van der Waals surface area contributed by atoms with E-state index in [9.17, 15) is 4.79 Å². The topological polar surface area (TPSA) is 63.1 Å². The van der Waals surface area contributed by atoms with E-state index in [1.807, 2.05) is 0 Å². The number of aromatic nitrogens is 2. The highest BCUT2D eigenvalue weighted by atomic mass is 28.3. The van der Waals surface area contributed by atoms with Gasteiger partial charge in [0.1, 0.15) is 19.6 Å². The Bertz CT molecular complexity index is 495. The summed E-state index contributed by atoms with van der Waals surface area (Å²) in [4.78, 5) is 18.9. The zero-order valence-electron chi connectivity index (χ0n) is 10.5. The molecule has 0 aromatic carbocycles. The van der Waals surface area contributed by atoms with Crippen molar-refractivity contribution in [2.75, 3.05) is 0 Å². The van der Waals surface area contributed by atoms with E-state index in [0.29, 0.717) is 17.2 Å². The molecule has 0 aliphatic carbocycles. The summed E-state index contributed by atoms with van der Waals surface area (Å²) < 4.78 is 0. The molecule has 0 saturated carbocycles. The fourth-order valence-corrected chi connectivity index (χ4v) is 1.69. The van der Waals surface area contributed by atoms with Gasteiger partial charge in [0.2, 0.25) is 0 Å². The molecule has 1 aromatic heterocycles. The maximum atomic E-state index is 10.6. The maximum absolute atomic E-state index is 10.6. The van der Waals surface area contributed by atoms with E-state index in [-0.39, 0.29) is 6.42 Å². The molecule has 0 atom stereocenters. The molecule has 0 aliphatic heterocycles. The van der Waals surface area contributed by atoms with Gasteiger partial charge in [0.15, 0.2) is 0 Å². The van der Waals surface area contributed by atoms with Crippen molar-refractivity contribution >= 4 is 14.0 Å². The minimum Gasteiger partial charge on any atom is -0.481 e. The number of rotatable bonds is 2. The van der Waals surface area contributed by atoms with Gasteiger partial charge in [-0.1, -0.05) is 25.6 Å². The molecule has 0 amide bonds. The number of hydrogen-bond donors (Lipinski definition) is 1. The lowest BCUT2D eigenvalue weighted by molar-refractivity contribution is -0.136. The van der Waals surface area contributed by atoms with Gasteiger partial charge in [0, 0.05) is 0 Å². The van der Waals surface area contributed by atoms with E-state index in [4.69, 9.17) is 5.11 Å². The van der Waals surface area contributed by atoms with Gasteiger partial charge in [0.05, 0.1) is 12.1 Å². The zero-order valence-corrected chi connectivity index (χ0v) is 11.5. The first-order valence-corrected chi connectivity index (χ1v) is 8.86. The molecule has 0 aliphatic rings. The van der Waals surface area contributed by atoms with Crippen LogP contribution in [0, 0.1) is 18.4 Å². The standard InChI is InChI=1S/C12H16N2O2Si/c1-9-13-10(5-6-17(2,3)4)7-11(14-9)8-12(15)16/h7H,8H2,1-4H3,(H,15,16). The van der Waals surface area contributed by atoms with Crippen LogP contribution in [0.5, 0.6) is 0 Å². The van der Waals surface area contributed by atoms with E-state index in [2.05, 4.69) is 41.1 Å². The summed E-state index contributed by atoms with van der Waals surface area (Å²) in [7, 11) is -1.44. The predicted octanol–water partition coefficient (Wildman–Crippen LogP) is 1.64. The molecular weight excluding hydrogens is 232 g/mol. The second-order valence-electron chi connectivity index (χ2n) is 4.86. The second kappa shape index (κ2) is 5.10. The van der Waals surface area contributed by atoms with Crippen molar-refractivity contribution in [2.24, 2.45) is 0 Å². The zero-order chi connectivity index (χ0) is 13.1. The molecule has 17 heavy (non-hydrogen) atoms. The van der Waals surface area contributed by atoms with Crippen molar-refractivity contribution in [3.05, 3.63) is 23.3 Å². The number of carboxylic acid groups (broad SMARTS) is 1. The van der Waals surface area contributed by atoms with Crippen molar-refractivity contribution in [1.82, 2.24) is 9.97 Å². The lowest BCUT2D eigenvalue weighted by Gasteiger charge is -2.04. The van der Waals surface area contributed by atoms with Crippen LogP contribution in [0.1, 0.15) is 17.2 Å². The summed E-state index contributed by atoms with van der Waals surface area (Å²) in [6.07, 6.45) is -0.0923. The molecule has 4 nitrogen and oxygen atoms in total. The van der Waals surface area contributed by atoms with Crippen LogP contribution in [0.4, 0.5) is 0 Å². The number of carbonyl (C=O) groups is 1. The molecule has 90 valence electrons. The van der Waals surface area contributed by atoms with Crippen LogP contribution in [0.25, 0.3) is 0 Å². The Morgan fingerprint density at radius 3 is 2.59 bits per heavy atom. The molecule has 0 bridgehead atoms. The highest BCUT2D eigenvalue weighted by Gasteiger charge is 2.08. The minimum absolute atomic E-state index is 0.0923. The fourth-order valence-electron chi connectivity index (χ4n) is 1.19. The number of hydrogen-bond acceptors (Lipinski definition) is 3. The van der Waals surface area contributed by atoms with Gasteiger partial charge in [-0.15, -0.1) is 5.54 Å². The Labute approximate surface area is 102 Å². The number of aliphatic carboxylic acids is 1. The van der Waals surface area contributed by atoms with Crippen LogP contribution < -0.4 is 0 Å². The Kier molecular flexibility index (Phi) is 4.02. The number of aryl methyl sites for hydroxylation is 1. The Morgan fingerprint density at radius 2 is 2.06 bits per heavy atom. The lowest BCUT2D eigenvalue weighted by Crippen LogP contribution is -2.16. The minimum atomic E-state index is -1.44. The fraction of sp³-hybridized carbons (Fsp3) is 0.417. The molecule has 1 heterocycles. The van der Waals surface area contributed by atoms with Gasteiger partial charge in [-0.05, 0) is 13.0 Å². The summed E-state index contributed by atoms with van der Waals surface area (Å²) >= 11 is 0. The van der Waals surface area contributed by atoms with Crippen LogP contribution >= 0.6 is 0 Å². The van der Waals surface area contributed by atoms with E-state index >= 15 is 0 Å². The third-order valence-electron chi connectivity index (χ3n) is 1.79. The predicted molar refractivity (Wildman–Crippen MR) is 68.3 cm³/mol.